The molecule has 1 heterocycles. The van der Waals surface area contributed by atoms with E-state index in [4.69, 9.17) is 0 Å². The number of anilines is 1. The van der Waals surface area contributed by atoms with Gasteiger partial charge in [-0.1, -0.05) is 28.1 Å². The van der Waals surface area contributed by atoms with Crippen LogP contribution in [-0.4, -0.2) is 30.1 Å². The maximum atomic E-state index is 13.3. The summed E-state index contributed by atoms with van der Waals surface area (Å²) < 4.78 is 40.1. The van der Waals surface area contributed by atoms with Crippen LogP contribution >= 0.6 is 15.9 Å². The highest BCUT2D eigenvalue weighted by Crippen LogP contribution is 2.35. The van der Waals surface area contributed by atoms with Crippen molar-refractivity contribution in [1.82, 2.24) is 15.3 Å². The van der Waals surface area contributed by atoms with E-state index >= 15 is 0 Å². The van der Waals surface area contributed by atoms with Gasteiger partial charge >= 0.3 is 6.18 Å². The molecule has 4 nitrogen and oxygen atoms in total. The average molecular weight is 467 g/mol. The molecule has 0 aliphatic carbocycles. The van der Waals surface area contributed by atoms with Crippen LogP contribution in [0.5, 0.6) is 0 Å². The summed E-state index contributed by atoms with van der Waals surface area (Å²) in [5.41, 5.74) is 2.26. The third kappa shape index (κ3) is 4.87. The van der Waals surface area contributed by atoms with E-state index in [9.17, 15) is 13.2 Å². The number of aromatic nitrogens is 2. The lowest BCUT2D eigenvalue weighted by molar-refractivity contribution is -0.137. The Morgan fingerprint density at radius 2 is 1.72 bits per heavy atom. The molecule has 3 rings (SSSR count). The molecule has 154 valence electrons. The Balaban J connectivity index is 2.16. The van der Waals surface area contributed by atoms with E-state index in [-0.39, 0.29) is 5.82 Å². The largest absolute Gasteiger partial charge is 0.416 e. The van der Waals surface area contributed by atoms with Crippen LogP contribution in [0.2, 0.25) is 0 Å². The Morgan fingerprint density at radius 3 is 2.41 bits per heavy atom. The Labute approximate surface area is 176 Å². The van der Waals surface area contributed by atoms with Crippen LogP contribution in [0.15, 0.2) is 34.8 Å². The quantitative estimate of drug-likeness (QED) is 0.456. The van der Waals surface area contributed by atoms with Crippen LogP contribution < -0.4 is 10.6 Å². The number of rotatable bonds is 6. The molecular formula is C21H22BrF3N4. The van der Waals surface area contributed by atoms with E-state index in [1.54, 1.807) is 6.07 Å². The summed E-state index contributed by atoms with van der Waals surface area (Å²) in [6.45, 7) is 5.45. The van der Waals surface area contributed by atoms with Gasteiger partial charge in [-0.05, 0) is 63.2 Å². The van der Waals surface area contributed by atoms with Gasteiger partial charge in [0.05, 0.1) is 11.1 Å². The van der Waals surface area contributed by atoms with Gasteiger partial charge in [0.1, 0.15) is 5.82 Å². The van der Waals surface area contributed by atoms with Crippen molar-refractivity contribution in [2.45, 2.75) is 26.4 Å². The van der Waals surface area contributed by atoms with Crippen LogP contribution in [0, 0.1) is 13.8 Å². The van der Waals surface area contributed by atoms with Gasteiger partial charge in [0.25, 0.3) is 0 Å². The van der Waals surface area contributed by atoms with E-state index < -0.39 is 11.7 Å². The van der Waals surface area contributed by atoms with Gasteiger partial charge < -0.3 is 10.6 Å². The molecule has 2 aromatic carbocycles. The maximum Gasteiger partial charge on any atom is 0.416 e. The highest BCUT2D eigenvalue weighted by atomic mass is 79.9. The normalized spacial score (nSPS) is 11.8. The van der Waals surface area contributed by atoms with E-state index in [1.165, 1.54) is 0 Å². The summed E-state index contributed by atoms with van der Waals surface area (Å²) in [5.74, 6) is 0.893. The second kappa shape index (κ2) is 8.67. The van der Waals surface area contributed by atoms with Gasteiger partial charge in [0.2, 0.25) is 0 Å². The van der Waals surface area contributed by atoms with Crippen LogP contribution in [-0.2, 0) is 6.18 Å². The fourth-order valence-corrected chi connectivity index (χ4v) is 3.64. The summed E-state index contributed by atoms with van der Waals surface area (Å²) in [4.78, 5) is 9.23. The predicted octanol–water partition coefficient (Wildman–Crippen LogP) is 5.72. The van der Waals surface area contributed by atoms with Gasteiger partial charge in [-0.15, -0.1) is 0 Å². The Morgan fingerprint density at radius 1 is 1.00 bits per heavy atom. The Bertz CT molecular complexity index is 1030. The molecule has 1 aromatic heterocycles. The first-order valence-corrected chi connectivity index (χ1v) is 10.0. The lowest BCUT2D eigenvalue weighted by atomic mass is 10.0. The number of benzene rings is 2. The molecule has 2 N–H and O–H groups in total. The standard InChI is InChI=1S/C21H22BrF3N4/c1-12-5-6-13(2)18-17(12)20(27-8-4-7-26-3)29-19(28-18)14-9-15(21(23,24)25)11-16(22)10-14/h5-6,9-11,26H,4,7-8H2,1-3H3,(H,27,28,29). The summed E-state index contributed by atoms with van der Waals surface area (Å²) in [6, 6.07) is 7.70. The molecule has 3 aromatic rings. The second-order valence-electron chi connectivity index (χ2n) is 6.93. The number of halogens is 4. The van der Waals surface area contributed by atoms with E-state index in [0.29, 0.717) is 22.4 Å². The average Bonchev–Trinajstić information content (AvgIpc) is 2.66. The molecule has 0 fully saturated rings. The van der Waals surface area contributed by atoms with Crippen molar-refractivity contribution in [1.29, 1.82) is 0 Å². The monoisotopic (exact) mass is 466 g/mol. The molecule has 0 bridgehead atoms. The molecule has 0 aliphatic heterocycles. The zero-order chi connectivity index (χ0) is 21.2. The number of nitrogens with zero attached hydrogens (tertiary/aromatic N) is 2. The molecule has 0 spiro atoms. The summed E-state index contributed by atoms with van der Waals surface area (Å²) in [7, 11) is 1.89. The van der Waals surface area contributed by atoms with E-state index in [1.807, 2.05) is 33.0 Å². The molecule has 0 saturated heterocycles. The molecule has 29 heavy (non-hydrogen) atoms. The molecule has 0 aliphatic rings. The fraction of sp³-hybridized carbons (Fsp3) is 0.333. The highest BCUT2D eigenvalue weighted by Gasteiger charge is 2.31. The number of hydrogen-bond acceptors (Lipinski definition) is 4. The first-order chi connectivity index (χ1) is 13.7. The molecule has 0 unspecified atom stereocenters. The molecule has 0 saturated carbocycles. The summed E-state index contributed by atoms with van der Waals surface area (Å²) in [5, 5.41) is 7.32. The van der Waals surface area contributed by atoms with Crippen molar-refractivity contribution >= 4 is 32.7 Å². The van der Waals surface area contributed by atoms with Crippen LogP contribution in [0.25, 0.3) is 22.3 Å². The lowest BCUT2D eigenvalue weighted by Crippen LogP contribution is -2.14. The number of fused-ring (bicyclic) bond motifs is 1. The summed E-state index contributed by atoms with van der Waals surface area (Å²) >= 11 is 3.18. The van der Waals surface area contributed by atoms with Crippen molar-refractivity contribution in [2.24, 2.45) is 0 Å². The minimum atomic E-state index is -4.45. The number of hydrogen-bond donors (Lipinski definition) is 2. The topological polar surface area (TPSA) is 49.8 Å². The highest BCUT2D eigenvalue weighted by molar-refractivity contribution is 9.10. The molecular weight excluding hydrogens is 445 g/mol. The van der Waals surface area contributed by atoms with Crippen molar-refractivity contribution in [2.75, 3.05) is 25.5 Å². The zero-order valence-corrected chi connectivity index (χ0v) is 18.0. The third-order valence-corrected chi connectivity index (χ3v) is 5.10. The molecule has 8 heteroatoms. The van der Waals surface area contributed by atoms with Crippen LogP contribution in [0.4, 0.5) is 19.0 Å². The molecule has 0 amide bonds. The smallest absolute Gasteiger partial charge is 0.369 e. The SMILES string of the molecule is CNCCCNc1nc(-c2cc(Br)cc(C(F)(F)F)c2)nc2c(C)ccc(C)c12. The number of nitrogens with one attached hydrogen (secondary N) is 2. The van der Waals surface area contributed by atoms with Crippen molar-refractivity contribution in [3.05, 3.63) is 51.5 Å². The second-order valence-corrected chi connectivity index (χ2v) is 7.84. The van der Waals surface area contributed by atoms with Gasteiger partial charge in [-0.25, -0.2) is 9.97 Å². The lowest BCUT2D eigenvalue weighted by Gasteiger charge is -2.15. The van der Waals surface area contributed by atoms with Crippen molar-refractivity contribution in [3.8, 4) is 11.4 Å². The number of aryl methyl sites for hydroxylation is 2. The van der Waals surface area contributed by atoms with Gasteiger partial charge in [0.15, 0.2) is 5.82 Å². The first kappa shape index (κ1) is 21.5. The van der Waals surface area contributed by atoms with Crippen LogP contribution in [0.3, 0.4) is 0 Å². The fourth-order valence-electron chi connectivity index (χ4n) is 3.14. The molecule has 0 atom stereocenters. The van der Waals surface area contributed by atoms with Gasteiger partial charge in [-0.3, -0.25) is 0 Å². The predicted molar refractivity (Wildman–Crippen MR) is 114 cm³/mol. The minimum Gasteiger partial charge on any atom is -0.369 e. The minimum absolute atomic E-state index is 0.258. The van der Waals surface area contributed by atoms with Crippen molar-refractivity contribution < 1.29 is 13.2 Å². The van der Waals surface area contributed by atoms with Crippen LogP contribution in [0.1, 0.15) is 23.1 Å². The third-order valence-electron chi connectivity index (χ3n) is 4.64. The Hall–Kier alpha value is -2.19. The maximum absolute atomic E-state index is 13.3. The van der Waals surface area contributed by atoms with E-state index in [2.05, 4.69) is 36.5 Å². The first-order valence-electron chi connectivity index (χ1n) is 9.25. The Kier molecular flexibility index (Phi) is 6.43. The van der Waals surface area contributed by atoms with Gasteiger partial charge in [-0.2, -0.15) is 13.2 Å². The molecule has 0 radical (unpaired) electrons. The number of alkyl halides is 3. The van der Waals surface area contributed by atoms with Crippen molar-refractivity contribution in [3.63, 3.8) is 0 Å². The zero-order valence-electron chi connectivity index (χ0n) is 16.4. The summed E-state index contributed by atoms with van der Waals surface area (Å²) in [6.07, 6.45) is -3.56. The van der Waals surface area contributed by atoms with Gasteiger partial charge in [0, 0.05) is 22.0 Å². The van der Waals surface area contributed by atoms with E-state index in [0.717, 1.165) is 47.1 Å².